The van der Waals surface area contributed by atoms with Crippen LogP contribution in [-0.2, 0) is 5.41 Å². The molecule has 0 unspecified atom stereocenters. The zero-order valence-corrected chi connectivity index (χ0v) is 22.9. The Morgan fingerprint density at radius 3 is 1.37 bits per heavy atom. The quantitative estimate of drug-likeness (QED) is 0.227. The molecule has 0 aliphatic heterocycles. The molecule has 0 heterocycles. The van der Waals surface area contributed by atoms with Gasteiger partial charge in [0.25, 0.3) is 0 Å². The smallest absolute Gasteiger partial charge is 0.0215 e. The van der Waals surface area contributed by atoms with Crippen LogP contribution < -0.4 is 0 Å². The van der Waals surface area contributed by atoms with E-state index in [-0.39, 0.29) is 5.41 Å². The van der Waals surface area contributed by atoms with Crippen molar-refractivity contribution >= 4 is 12.2 Å². The maximum Gasteiger partial charge on any atom is 0.0215 e. The van der Waals surface area contributed by atoms with Gasteiger partial charge in [-0.1, -0.05) is 100 Å². The Hall–Kier alpha value is -2.16. The van der Waals surface area contributed by atoms with Crippen molar-refractivity contribution < 1.29 is 0 Å². The van der Waals surface area contributed by atoms with Crippen molar-refractivity contribution in [3.8, 4) is 11.1 Å². The van der Waals surface area contributed by atoms with Crippen LogP contribution in [0.1, 0.15) is 86.5 Å². The second-order valence-corrected chi connectivity index (χ2v) is 11.0. The minimum atomic E-state index is 0.103. The molecule has 0 saturated carbocycles. The van der Waals surface area contributed by atoms with E-state index in [1.807, 2.05) is 12.2 Å². The minimum absolute atomic E-state index is 0.103. The van der Waals surface area contributed by atoms with Gasteiger partial charge in [0.1, 0.15) is 0 Å². The van der Waals surface area contributed by atoms with Crippen LogP contribution >= 0.6 is 0 Å². The molecule has 2 heteroatoms. The van der Waals surface area contributed by atoms with Crippen LogP contribution in [0.2, 0.25) is 0 Å². The van der Waals surface area contributed by atoms with Crippen molar-refractivity contribution in [2.75, 3.05) is 41.3 Å². The Morgan fingerprint density at radius 1 is 0.600 bits per heavy atom. The third-order valence-electron chi connectivity index (χ3n) is 7.80. The molecule has 190 valence electrons. The molecule has 2 aromatic carbocycles. The summed E-state index contributed by atoms with van der Waals surface area (Å²) in [5, 5.41) is 0. The van der Waals surface area contributed by atoms with Crippen LogP contribution in [0, 0.1) is 0 Å². The summed E-state index contributed by atoms with van der Waals surface area (Å²) in [6.45, 7) is 10.5. The van der Waals surface area contributed by atoms with E-state index in [9.17, 15) is 0 Å². The number of benzene rings is 2. The van der Waals surface area contributed by atoms with Crippen molar-refractivity contribution in [2.45, 2.75) is 69.6 Å². The van der Waals surface area contributed by atoms with Crippen molar-refractivity contribution in [3.63, 3.8) is 0 Å². The monoisotopic (exact) mass is 472 g/mol. The molecular formula is C33H48N2. The SMILES string of the molecule is C=Cc1ccc2c(c1)C(CCCCCCN(C)C)(CCCCCCN(C)C)c1cc(C=C)ccc1-2. The average molecular weight is 473 g/mol. The van der Waals surface area contributed by atoms with Gasteiger partial charge in [0.05, 0.1) is 0 Å². The average Bonchev–Trinajstić information content (AvgIpc) is 3.11. The van der Waals surface area contributed by atoms with Crippen LogP contribution in [0.5, 0.6) is 0 Å². The number of unbranched alkanes of at least 4 members (excludes halogenated alkanes) is 6. The topological polar surface area (TPSA) is 6.48 Å². The van der Waals surface area contributed by atoms with Crippen LogP contribution in [-0.4, -0.2) is 51.1 Å². The van der Waals surface area contributed by atoms with Crippen LogP contribution in [0.15, 0.2) is 49.6 Å². The van der Waals surface area contributed by atoms with Gasteiger partial charge in [0, 0.05) is 5.41 Å². The Labute approximate surface area is 215 Å². The summed E-state index contributed by atoms with van der Waals surface area (Å²) in [6, 6.07) is 14.0. The van der Waals surface area contributed by atoms with E-state index >= 15 is 0 Å². The molecular weight excluding hydrogens is 424 g/mol. The standard InChI is InChI=1S/C33H48N2/c1-7-27-17-19-29-30-20-18-28(8-2)26-32(30)33(31(29)25-27,21-13-9-11-15-23-34(3)4)22-14-10-12-16-24-35(5)6/h7-8,17-20,25-26H,1-2,9-16,21-24H2,3-6H3. The molecule has 0 N–H and O–H groups in total. The first-order valence-electron chi connectivity index (χ1n) is 13.7. The third-order valence-corrected chi connectivity index (χ3v) is 7.80. The maximum absolute atomic E-state index is 4.08. The first-order chi connectivity index (χ1) is 16.9. The van der Waals surface area contributed by atoms with Gasteiger partial charge in [-0.3, -0.25) is 0 Å². The fraction of sp³-hybridized carbons (Fsp3) is 0.515. The molecule has 2 aromatic rings. The third kappa shape index (κ3) is 6.96. The molecule has 35 heavy (non-hydrogen) atoms. The Kier molecular flexibility index (Phi) is 10.4. The number of hydrogen-bond donors (Lipinski definition) is 0. The zero-order chi connectivity index (χ0) is 25.3. The van der Waals surface area contributed by atoms with E-state index in [0.29, 0.717) is 0 Å². The van der Waals surface area contributed by atoms with Gasteiger partial charge in [0.15, 0.2) is 0 Å². The first kappa shape index (κ1) is 27.4. The van der Waals surface area contributed by atoms with E-state index in [1.54, 1.807) is 0 Å². The highest BCUT2D eigenvalue weighted by molar-refractivity contribution is 5.83. The van der Waals surface area contributed by atoms with E-state index < -0.39 is 0 Å². The van der Waals surface area contributed by atoms with E-state index in [1.165, 1.54) is 111 Å². The zero-order valence-electron chi connectivity index (χ0n) is 22.9. The van der Waals surface area contributed by atoms with Crippen molar-refractivity contribution in [2.24, 2.45) is 0 Å². The van der Waals surface area contributed by atoms with Gasteiger partial charge in [-0.2, -0.15) is 0 Å². The molecule has 0 fully saturated rings. The highest BCUT2D eigenvalue weighted by Crippen LogP contribution is 2.54. The summed E-state index contributed by atoms with van der Waals surface area (Å²) in [5.41, 5.74) is 8.51. The molecule has 0 aromatic heterocycles. The molecule has 0 atom stereocenters. The molecule has 0 spiro atoms. The molecule has 1 aliphatic carbocycles. The molecule has 3 rings (SSSR count). The lowest BCUT2D eigenvalue weighted by Gasteiger charge is -2.33. The van der Waals surface area contributed by atoms with Crippen LogP contribution in [0.25, 0.3) is 23.3 Å². The summed E-state index contributed by atoms with van der Waals surface area (Å²) >= 11 is 0. The van der Waals surface area contributed by atoms with Crippen molar-refractivity contribution in [3.05, 3.63) is 71.8 Å². The van der Waals surface area contributed by atoms with E-state index in [2.05, 4.69) is 87.5 Å². The highest BCUT2D eigenvalue weighted by atomic mass is 15.0. The summed E-state index contributed by atoms with van der Waals surface area (Å²) in [5.74, 6) is 0. The second kappa shape index (κ2) is 13.2. The molecule has 0 bridgehead atoms. The Bertz CT molecular complexity index is 890. The van der Waals surface area contributed by atoms with Gasteiger partial charge >= 0.3 is 0 Å². The van der Waals surface area contributed by atoms with Crippen molar-refractivity contribution in [1.29, 1.82) is 0 Å². The normalized spacial score (nSPS) is 13.8. The molecule has 0 amide bonds. The summed E-state index contributed by atoms with van der Waals surface area (Å²) < 4.78 is 0. The van der Waals surface area contributed by atoms with E-state index in [4.69, 9.17) is 0 Å². The second-order valence-electron chi connectivity index (χ2n) is 11.0. The molecule has 0 saturated heterocycles. The minimum Gasteiger partial charge on any atom is -0.309 e. The summed E-state index contributed by atoms with van der Waals surface area (Å²) in [4.78, 5) is 4.60. The molecule has 2 nitrogen and oxygen atoms in total. The lowest BCUT2D eigenvalue weighted by atomic mass is 9.70. The number of rotatable bonds is 16. The predicted molar refractivity (Wildman–Crippen MR) is 156 cm³/mol. The van der Waals surface area contributed by atoms with Gasteiger partial charge < -0.3 is 9.80 Å². The fourth-order valence-electron chi connectivity index (χ4n) is 5.86. The molecule has 0 radical (unpaired) electrons. The van der Waals surface area contributed by atoms with Gasteiger partial charge in [0.2, 0.25) is 0 Å². The van der Waals surface area contributed by atoms with Crippen molar-refractivity contribution in [1.82, 2.24) is 9.80 Å². The maximum atomic E-state index is 4.08. The van der Waals surface area contributed by atoms with Gasteiger partial charge in [-0.25, -0.2) is 0 Å². The first-order valence-corrected chi connectivity index (χ1v) is 13.7. The van der Waals surface area contributed by atoms with Crippen LogP contribution in [0.3, 0.4) is 0 Å². The van der Waals surface area contributed by atoms with Gasteiger partial charge in [-0.15, -0.1) is 0 Å². The lowest BCUT2D eigenvalue weighted by Crippen LogP contribution is -2.26. The number of nitrogens with zero attached hydrogens (tertiary/aromatic N) is 2. The Balaban J connectivity index is 1.87. The van der Waals surface area contributed by atoms with Crippen LogP contribution in [0.4, 0.5) is 0 Å². The Morgan fingerprint density at radius 2 is 1.00 bits per heavy atom. The fourth-order valence-corrected chi connectivity index (χ4v) is 5.86. The lowest BCUT2D eigenvalue weighted by molar-refractivity contribution is 0.368. The predicted octanol–water partition coefficient (Wildman–Crippen LogP) is 8.26. The van der Waals surface area contributed by atoms with Gasteiger partial charge in [-0.05, 0) is 100 Å². The summed E-state index contributed by atoms with van der Waals surface area (Å²) in [7, 11) is 8.70. The largest absolute Gasteiger partial charge is 0.309 e. The number of fused-ring (bicyclic) bond motifs is 3. The summed E-state index contributed by atoms with van der Waals surface area (Å²) in [6.07, 6.45) is 16.9. The molecule has 1 aliphatic rings. The van der Waals surface area contributed by atoms with E-state index in [0.717, 1.165) is 0 Å². The number of hydrogen-bond acceptors (Lipinski definition) is 2. The highest BCUT2D eigenvalue weighted by Gasteiger charge is 2.42.